The van der Waals surface area contributed by atoms with E-state index in [0.717, 1.165) is 5.46 Å². The van der Waals surface area contributed by atoms with Gasteiger partial charge in [-0.3, -0.25) is 0 Å². The molecular weight excluding hydrogens is 259 g/mol. The zero-order chi connectivity index (χ0) is 13.8. The molecule has 0 saturated heterocycles. The summed E-state index contributed by atoms with van der Waals surface area (Å²) in [6.07, 6.45) is 15.3. The molecule has 0 radical (unpaired) electrons. The average molecular weight is 290 g/mol. The molecule has 0 saturated carbocycles. The Morgan fingerprint density at radius 3 is 1.57 bits per heavy atom. The van der Waals surface area contributed by atoms with E-state index in [1.54, 1.807) is 0 Å². The number of hydrogen-bond donors (Lipinski definition) is 0. The predicted octanol–water partition coefficient (Wildman–Crippen LogP) is 4.59. The molecule has 1 rings (SSSR count). The van der Waals surface area contributed by atoms with Crippen LogP contribution in [0.5, 0.6) is 0 Å². The monoisotopic (exact) mass is 290 g/mol. The van der Waals surface area contributed by atoms with E-state index in [4.69, 9.17) is 7.85 Å². The molecule has 0 amide bonds. The molecule has 1 aromatic carbocycles. The standard InChI is InChI=1S/C18H29B.2H2O/c1-2-3-4-5-6-7-8-9-10-11-12-17-13-15-18(19)16-14-17;;/h13-16H,2-12H2,1H3;2*1H2/q+2;;/p-2. The Kier molecular flexibility index (Phi) is 16.7. The van der Waals surface area contributed by atoms with Gasteiger partial charge in [0.25, 0.3) is 0 Å². The van der Waals surface area contributed by atoms with E-state index >= 15 is 0 Å². The van der Waals surface area contributed by atoms with Crippen LogP contribution in [0.25, 0.3) is 0 Å². The maximum atomic E-state index is 5.68. The average Bonchev–Trinajstić information content (AvgIpc) is 2.43. The third-order valence-corrected chi connectivity index (χ3v) is 3.80. The van der Waals surface area contributed by atoms with E-state index in [1.807, 2.05) is 12.1 Å². The van der Waals surface area contributed by atoms with Crippen molar-refractivity contribution >= 4 is 13.3 Å². The molecule has 2 nitrogen and oxygen atoms in total. The smallest absolute Gasteiger partial charge is 0.870 e. The van der Waals surface area contributed by atoms with E-state index in [0.29, 0.717) is 0 Å². The van der Waals surface area contributed by atoms with Gasteiger partial charge in [-0.1, -0.05) is 26.2 Å². The first-order valence-electron chi connectivity index (χ1n) is 8.17. The van der Waals surface area contributed by atoms with Crippen molar-refractivity contribution < 1.29 is 11.0 Å². The van der Waals surface area contributed by atoms with Crippen molar-refractivity contribution in [3.63, 3.8) is 0 Å². The van der Waals surface area contributed by atoms with Crippen LogP contribution in [-0.4, -0.2) is 18.8 Å². The molecule has 0 heterocycles. The number of unbranched alkanes of at least 4 members (excludes halogenated alkanes) is 9. The molecule has 118 valence electrons. The maximum Gasteiger partial charge on any atom is -0.870 e. The first kappa shape index (κ1) is 22.5. The minimum atomic E-state index is 0. The van der Waals surface area contributed by atoms with E-state index in [9.17, 15) is 0 Å². The first-order chi connectivity index (χ1) is 9.33. The van der Waals surface area contributed by atoms with Crippen LogP contribution >= 0.6 is 0 Å². The van der Waals surface area contributed by atoms with Gasteiger partial charge in [-0.2, -0.15) is 0 Å². The Bertz CT molecular complexity index is 311. The van der Waals surface area contributed by atoms with Gasteiger partial charge in [0.05, 0.1) is 0 Å². The van der Waals surface area contributed by atoms with Crippen molar-refractivity contribution in [2.45, 2.75) is 77.6 Å². The zero-order valence-electron chi connectivity index (χ0n) is 13.6. The fraction of sp³-hybridized carbons (Fsp3) is 0.667. The Balaban J connectivity index is 0. The third-order valence-electron chi connectivity index (χ3n) is 3.80. The summed E-state index contributed by atoms with van der Waals surface area (Å²) in [7, 11) is 5.68. The van der Waals surface area contributed by atoms with Crippen LogP contribution in [0.1, 0.15) is 76.7 Å². The van der Waals surface area contributed by atoms with Gasteiger partial charge in [0.2, 0.25) is 0 Å². The van der Waals surface area contributed by atoms with Crippen molar-refractivity contribution in [3.05, 3.63) is 29.8 Å². The van der Waals surface area contributed by atoms with Gasteiger partial charge in [0.1, 0.15) is 0 Å². The molecule has 0 unspecified atom stereocenters. The van der Waals surface area contributed by atoms with E-state index in [2.05, 4.69) is 19.1 Å². The van der Waals surface area contributed by atoms with E-state index < -0.39 is 0 Å². The summed E-state index contributed by atoms with van der Waals surface area (Å²) in [5, 5.41) is 0. The first-order valence-corrected chi connectivity index (χ1v) is 8.17. The number of hydrogen-bond acceptors (Lipinski definition) is 2. The SMILES string of the molecule is [B+2]c1ccc(CCCCCCCCCCCC)cc1.[OH-].[OH-]. The zero-order valence-corrected chi connectivity index (χ0v) is 13.6. The molecule has 3 heteroatoms. The summed E-state index contributed by atoms with van der Waals surface area (Å²) in [5.74, 6) is 0. The molecule has 1 aromatic rings. The maximum absolute atomic E-state index is 5.68. The molecule has 0 aliphatic heterocycles. The van der Waals surface area contributed by atoms with Gasteiger partial charge in [0.15, 0.2) is 0 Å². The van der Waals surface area contributed by atoms with Crippen LogP contribution in [0.4, 0.5) is 0 Å². The number of benzene rings is 1. The summed E-state index contributed by atoms with van der Waals surface area (Å²) < 4.78 is 0. The fourth-order valence-corrected chi connectivity index (χ4v) is 2.50. The largest absolute Gasteiger partial charge is 0.870 e. The molecular formula is C18H31BO2. The van der Waals surface area contributed by atoms with Crippen LogP contribution in [0.15, 0.2) is 24.3 Å². The molecule has 0 aromatic heterocycles. The van der Waals surface area contributed by atoms with Crippen LogP contribution in [0.2, 0.25) is 0 Å². The number of aryl methyl sites for hydroxylation is 1. The van der Waals surface area contributed by atoms with Gasteiger partial charge in [-0.25, -0.2) is 0 Å². The van der Waals surface area contributed by atoms with Gasteiger partial charge in [0, 0.05) is 0 Å². The summed E-state index contributed by atoms with van der Waals surface area (Å²) in [4.78, 5) is 0. The van der Waals surface area contributed by atoms with E-state index in [-0.39, 0.29) is 11.0 Å². The molecule has 2 N–H and O–H groups in total. The van der Waals surface area contributed by atoms with Gasteiger partial charge in [-0.05, 0) is 0 Å². The number of rotatable bonds is 11. The van der Waals surface area contributed by atoms with E-state index in [1.165, 1.54) is 76.2 Å². The topological polar surface area (TPSA) is 60.0 Å². The Hall–Kier alpha value is -0.795. The summed E-state index contributed by atoms with van der Waals surface area (Å²) >= 11 is 0. The minimum Gasteiger partial charge on any atom is -0.870 e. The molecule has 0 bridgehead atoms. The molecule has 0 fully saturated rings. The predicted molar refractivity (Wildman–Crippen MR) is 91.2 cm³/mol. The van der Waals surface area contributed by atoms with Crippen molar-refractivity contribution in [1.82, 2.24) is 0 Å². The second-order valence-corrected chi connectivity index (χ2v) is 5.67. The van der Waals surface area contributed by atoms with Crippen LogP contribution in [-0.2, 0) is 6.42 Å². The Morgan fingerprint density at radius 1 is 0.667 bits per heavy atom. The molecule has 0 spiro atoms. The third kappa shape index (κ3) is 12.6. The van der Waals surface area contributed by atoms with Crippen molar-refractivity contribution in [2.24, 2.45) is 0 Å². The van der Waals surface area contributed by atoms with Crippen molar-refractivity contribution in [1.29, 1.82) is 0 Å². The van der Waals surface area contributed by atoms with Crippen LogP contribution < -0.4 is 5.46 Å². The quantitative estimate of drug-likeness (QED) is 0.442. The molecule has 0 aliphatic carbocycles. The summed E-state index contributed by atoms with van der Waals surface area (Å²) in [6.45, 7) is 2.28. The Morgan fingerprint density at radius 2 is 1.10 bits per heavy atom. The van der Waals surface area contributed by atoms with Crippen molar-refractivity contribution in [3.8, 4) is 0 Å². The molecule has 0 aliphatic rings. The molecule has 0 atom stereocenters. The van der Waals surface area contributed by atoms with Gasteiger partial charge >= 0.3 is 94.5 Å². The normalized spacial score (nSPS) is 9.86. The van der Waals surface area contributed by atoms with Crippen LogP contribution in [0.3, 0.4) is 0 Å². The minimum absolute atomic E-state index is 0. The van der Waals surface area contributed by atoms with Crippen LogP contribution in [0, 0.1) is 0 Å². The van der Waals surface area contributed by atoms with Crippen molar-refractivity contribution in [2.75, 3.05) is 0 Å². The second-order valence-electron chi connectivity index (χ2n) is 5.67. The fourth-order valence-electron chi connectivity index (χ4n) is 2.50. The van der Waals surface area contributed by atoms with Gasteiger partial charge in [-0.15, -0.1) is 0 Å². The van der Waals surface area contributed by atoms with Gasteiger partial charge < -0.3 is 11.0 Å². The second kappa shape index (κ2) is 15.6. The summed E-state index contributed by atoms with van der Waals surface area (Å²) in [5.41, 5.74) is 2.29. The Labute approximate surface area is 132 Å². The molecule has 21 heavy (non-hydrogen) atoms. The summed E-state index contributed by atoms with van der Waals surface area (Å²) in [6, 6.07) is 8.32.